The fourth-order valence-electron chi connectivity index (χ4n) is 1.26. The summed E-state index contributed by atoms with van der Waals surface area (Å²) in [4.78, 5) is 16.8. The van der Waals surface area contributed by atoms with E-state index in [2.05, 4.69) is 9.73 Å². The molecule has 0 aromatic carbocycles. The lowest BCUT2D eigenvalue weighted by Crippen LogP contribution is -2.44. The molecule has 2 N–H and O–H groups in total. The molecule has 1 fully saturated rings. The molecule has 0 bridgehead atoms. The molecule has 0 atom stereocenters. The first-order valence-corrected chi connectivity index (χ1v) is 4.93. The van der Waals surface area contributed by atoms with Gasteiger partial charge in [-0.25, -0.2) is 0 Å². The Bertz CT molecular complexity index is 237. The normalized spacial score (nSPS) is 17.7. The van der Waals surface area contributed by atoms with Crippen molar-refractivity contribution in [2.45, 2.75) is 6.42 Å². The first-order valence-electron chi connectivity index (χ1n) is 4.93. The van der Waals surface area contributed by atoms with E-state index in [1.807, 2.05) is 4.90 Å². The van der Waals surface area contributed by atoms with Crippen LogP contribution in [0.4, 0.5) is 0 Å². The van der Waals surface area contributed by atoms with Crippen molar-refractivity contribution < 1.29 is 14.3 Å². The highest BCUT2D eigenvalue weighted by Crippen LogP contribution is 1.96. The summed E-state index contributed by atoms with van der Waals surface area (Å²) in [6, 6.07) is 0. The maximum absolute atomic E-state index is 10.8. The van der Waals surface area contributed by atoms with Crippen LogP contribution in [0, 0.1) is 0 Å². The third-order valence-electron chi connectivity index (χ3n) is 2.15. The van der Waals surface area contributed by atoms with Crippen molar-refractivity contribution in [3.05, 3.63) is 0 Å². The molecule has 0 amide bonds. The average Bonchev–Trinajstić information content (AvgIpc) is 2.29. The number of ether oxygens (including phenoxy) is 2. The Kier molecular flexibility index (Phi) is 4.89. The molecule has 0 aromatic heterocycles. The van der Waals surface area contributed by atoms with Crippen molar-refractivity contribution >= 4 is 11.9 Å². The van der Waals surface area contributed by atoms with Crippen LogP contribution in [0.5, 0.6) is 0 Å². The third-order valence-corrected chi connectivity index (χ3v) is 2.15. The van der Waals surface area contributed by atoms with E-state index >= 15 is 0 Å². The summed E-state index contributed by atoms with van der Waals surface area (Å²) in [5.41, 5.74) is 5.74. The highest BCUT2D eigenvalue weighted by molar-refractivity contribution is 5.78. The number of carbonyl (C=O) groups excluding carboxylic acids is 1. The zero-order chi connectivity index (χ0) is 11.1. The molecule has 1 saturated heterocycles. The Morgan fingerprint density at radius 3 is 2.80 bits per heavy atom. The van der Waals surface area contributed by atoms with Crippen LogP contribution in [0.25, 0.3) is 0 Å². The molecule has 1 aliphatic rings. The van der Waals surface area contributed by atoms with E-state index in [9.17, 15) is 4.79 Å². The highest BCUT2D eigenvalue weighted by Gasteiger charge is 2.11. The summed E-state index contributed by atoms with van der Waals surface area (Å²) in [7, 11) is 1.36. The molecule has 6 heteroatoms. The summed E-state index contributed by atoms with van der Waals surface area (Å²) in [5, 5.41) is 0. The zero-order valence-corrected chi connectivity index (χ0v) is 8.94. The molecule has 0 aromatic rings. The molecular weight excluding hydrogens is 198 g/mol. The number of methoxy groups -OCH3 is 1. The standard InChI is InChI=1S/C9H17N3O3/c1-14-8(13)2-3-11-9(10)12-4-6-15-7-5-12/h2-7H2,1H3,(H2,10,11). The van der Waals surface area contributed by atoms with Crippen molar-refractivity contribution in [2.75, 3.05) is 40.0 Å². The Morgan fingerprint density at radius 1 is 1.53 bits per heavy atom. The van der Waals surface area contributed by atoms with Crippen molar-refractivity contribution in [2.24, 2.45) is 10.7 Å². The number of nitrogens with two attached hydrogens (primary N) is 1. The molecule has 1 aliphatic heterocycles. The zero-order valence-electron chi connectivity index (χ0n) is 8.94. The van der Waals surface area contributed by atoms with Crippen LogP contribution >= 0.6 is 0 Å². The van der Waals surface area contributed by atoms with E-state index < -0.39 is 0 Å². The first-order chi connectivity index (χ1) is 7.24. The Hall–Kier alpha value is -1.30. The monoisotopic (exact) mass is 215 g/mol. The number of aliphatic imine (C=N–C) groups is 1. The predicted octanol–water partition coefficient (Wildman–Crippen LogP) is -0.804. The molecule has 0 unspecified atom stereocenters. The summed E-state index contributed by atoms with van der Waals surface area (Å²) >= 11 is 0. The lowest BCUT2D eigenvalue weighted by molar-refractivity contribution is -0.140. The lowest BCUT2D eigenvalue weighted by Gasteiger charge is -2.27. The van der Waals surface area contributed by atoms with E-state index in [4.69, 9.17) is 10.5 Å². The number of morpholine rings is 1. The highest BCUT2D eigenvalue weighted by atomic mass is 16.5. The molecule has 0 radical (unpaired) electrons. The van der Waals surface area contributed by atoms with Crippen LogP contribution in [0.15, 0.2) is 4.99 Å². The van der Waals surface area contributed by atoms with Crippen LogP contribution in [0.1, 0.15) is 6.42 Å². The molecule has 1 rings (SSSR count). The average molecular weight is 215 g/mol. The number of nitrogens with zero attached hydrogens (tertiary/aromatic N) is 2. The van der Waals surface area contributed by atoms with E-state index in [0.29, 0.717) is 25.7 Å². The molecule has 0 saturated carbocycles. The second-order valence-corrected chi connectivity index (χ2v) is 3.17. The summed E-state index contributed by atoms with van der Waals surface area (Å²) in [6.45, 7) is 3.23. The van der Waals surface area contributed by atoms with Gasteiger partial charge < -0.3 is 20.1 Å². The van der Waals surface area contributed by atoms with Gasteiger partial charge in [-0.3, -0.25) is 9.79 Å². The van der Waals surface area contributed by atoms with Crippen molar-refractivity contribution in [3.63, 3.8) is 0 Å². The van der Waals surface area contributed by atoms with E-state index in [1.165, 1.54) is 7.11 Å². The van der Waals surface area contributed by atoms with Gasteiger partial charge in [0.1, 0.15) is 0 Å². The minimum Gasteiger partial charge on any atom is -0.469 e. The van der Waals surface area contributed by atoms with Gasteiger partial charge in [-0.15, -0.1) is 0 Å². The molecule has 0 aliphatic carbocycles. The second-order valence-electron chi connectivity index (χ2n) is 3.17. The lowest BCUT2D eigenvalue weighted by atomic mass is 10.4. The van der Waals surface area contributed by atoms with Gasteiger partial charge in [-0.05, 0) is 0 Å². The van der Waals surface area contributed by atoms with Crippen LogP contribution in [-0.2, 0) is 14.3 Å². The van der Waals surface area contributed by atoms with Gasteiger partial charge >= 0.3 is 5.97 Å². The van der Waals surface area contributed by atoms with Gasteiger partial charge in [0.15, 0.2) is 5.96 Å². The van der Waals surface area contributed by atoms with Gasteiger partial charge in [0.05, 0.1) is 33.3 Å². The fraction of sp³-hybridized carbons (Fsp3) is 0.778. The number of esters is 1. The van der Waals surface area contributed by atoms with Crippen molar-refractivity contribution in [1.82, 2.24) is 4.90 Å². The largest absolute Gasteiger partial charge is 0.469 e. The molecule has 1 heterocycles. The van der Waals surface area contributed by atoms with Crippen LogP contribution in [0.3, 0.4) is 0 Å². The van der Waals surface area contributed by atoms with Crippen LogP contribution in [-0.4, -0.2) is 56.8 Å². The Morgan fingerprint density at radius 2 is 2.20 bits per heavy atom. The molecule has 6 nitrogen and oxygen atoms in total. The minimum absolute atomic E-state index is 0.265. The number of rotatable bonds is 3. The molecule has 15 heavy (non-hydrogen) atoms. The third kappa shape index (κ3) is 4.16. The van der Waals surface area contributed by atoms with Gasteiger partial charge in [-0.2, -0.15) is 0 Å². The van der Waals surface area contributed by atoms with Crippen molar-refractivity contribution in [3.8, 4) is 0 Å². The molecule has 0 spiro atoms. The quantitative estimate of drug-likeness (QED) is 0.379. The van der Waals surface area contributed by atoms with E-state index in [1.54, 1.807) is 0 Å². The summed E-state index contributed by atoms with van der Waals surface area (Å²) in [5.74, 6) is 0.204. The number of carbonyl (C=O) groups is 1. The maximum atomic E-state index is 10.8. The SMILES string of the molecule is COC(=O)CCN=C(N)N1CCOCC1. The smallest absolute Gasteiger partial charge is 0.307 e. The summed E-state index contributed by atoms with van der Waals surface area (Å²) < 4.78 is 9.68. The molecule has 86 valence electrons. The van der Waals surface area contributed by atoms with Gasteiger partial charge in [0.25, 0.3) is 0 Å². The minimum atomic E-state index is -0.270. The van der Waals surface area contributed by atoms with Crippen LogP contribution < -0.4 is 5.73 Å². The van der Waals surface area contributed by atoms with Gasteiger partial charge in [-0.1, -0.05) is 0 Å². The van der Waals surface area contributed by atoms with Crippen molar-refractivity contribution in [1.29, 1.82) is 0 Å². The Labute approximate surface area is 89.0 Å². The number of guanidine groups is 1. The molecular formula is C9H17N3O3. The summed E-state index contributed by atoms with van der Waals surface area (Å²) in [6.07, 6.45) is 0.265. The van der Waals surface area contributed by atoms with Gasteiger partial charge in [0.2, 0.25) is 0 Å². The predicted molar refractivity (Wildman–Crippen MR) is 55.5 cm³/mol. The second kappa shape index (κ2) is 6.23. The Balaban J connectivity index is 2.28. The van der Waals surface area contributed by atoms with E-state index in [-0.39, 0.29) is 12.4 Å². The fourth-order valence-corrected chi connectivity index (χ4v) is 1.26. The van der Waals surface area contributed by atoms with Crippen LogP contribution in [0.2, 0.25) is 0 Å². The number of hydrogen-bond donors (Lipinski definition) is 1. The first kappa shape index (κ1) is 11.8. The number of hydrogen-bond acceptors (Lipinski definition) is 4. The van der Waals surface area contributed by atoms with Gasteiger partial charge in [0, 0.05) is 13.1 Å². The van der Waals surface area contributed by atoms with E-state index in [0.717, 1.165) is 13.1 Å². The topological polar surface area (TPSA) is 77.1 Å². The maximum Gasteiger partial charge on any atom is 0.307 e.